The second-order valence-corrected chi connectivity index (χ2v) is 29.4. The molecule has 0 bridgehead atoms. The SMILES string of the molecule is Cc1nc(-c2ccc(-c3cccnc3)cc2)nc(-c2ccc3c(c2)oc2ccccc23)n1.Cc1nc(-c2ccc(-c3cccnc3)cc2)nc(-c2cccc3c2oc2ccccc23)n1.Cc1nc(-c2cccc3oc4ccccc4c23)nc(-c2cccc3oc4ccccc4c23)n1.Cc1nc(-c2cccnc2)nc(-c2cccc3oc4ccccc4c23)n1. The molecule has 0 atom stereocenters. The van der Waals surface area contributed by atoms with Crippen LogP contribution in [-0.2, 0) is 0 Å². The summed E-state index contributed by atoms with van der Waals surface area (Å²) >= 11 is 0. The summed E-state index contributed by atoms with van der Waals surface area (Å²) in [6, 6.07) is 98.4. The maximum absolute atomic E-state index is 6.18. The van der Waals surface area contributed by atoms with Crippen molar-refractivity contribution in [2.24, 2.45) is 0 Å². The van der Waals surface area contributed by atoms with Crippen molar-refractivity contribution >= 4 is 110 Å². The van der Waals surface area contributed by atoms with E-state index in [-0.39, 0.29) is 0 Å². The van der Waals surface area contributed by atoms with Crippen LogP contribution in [0.4, 0.5) is 0 Å². The first-order valence-corrected chi connectivity index (χ1v) is 39.9. The Labute approximate surface area is 701 Å². The molecule has 0 aliphatic rings. The van der Waals surface area contributed by atoms with E-state index in [0.29, 0.717) is 69.9 Å². The molecule has 123 heavy (non-hydrogen) atoms. The summed E-state index contributed by atoms with van der Waals surface area (Å²) in [5, 5.41) is 10.5. The van der Waals surface area contributed by atoms with Crippen LogP contribution in [-0.4, -0.2) is 74.8 Å². The fourth-order valence-electron chi connectivity index (χ4n) is 15.8. The normalized spacial score (nSPS) is 11.4. The number of pyridine rings is 3. The number of benzene rings is 12. The van der Waals surface area contributed by atoms with E-state index in [1.54, 1.807) is 24.8 Å². The number of aryl methyl sites for hydroxylation is 4. The Morgan fingerprint density at radius 2 is 0.463 bits per heavy atom. The number of hydrogen-bond acceptors (Lipinski definition) is 20. The molecule has 12 aromatic heterocycles. The van der Waals surface area contributed by atoms with Crippen molar-refractivity contribution in [3.63, 3.8) is 0 Å². The molecule has 584 valence electrons. The van der Waals surface area contributed by atoms with Gasteiger partial charge in [0.05, 0.1) is 5.56 Å². The summed E-state index contributed by atoms with van der Waals surface area (Å²) < 4.78 is 30.3. The lowest BCUT2D eigenvalue weighted by atomic mass is 10.0. The monoisotopic (exact) mass is 1590 g/mol. The molecular weight excluding hydrogens is 1530 g/mol. The van der Waals surface area contributed by atoms with Crippen LogP contribution >= 0.6 is 0 Å². The summed E-state index contributed by atoms with van der Waals surface area (Å²) in [7, 11) is 0. The van der Waals surface area contributed by atoms with E-state index in [1.807, 2.05) is 271 Å². The van der Waals surface area contributed by atoms with Gasteiger partial charge in [0.25, 0.3) is 0 Å². The average molecular weight is 1590 g/mol. The second-order valence-electron chi connectivity index (χ2n) is 29.4. The van der Waals surface area contributed by atoms with Crippen molar-refractivity contribution < 1.29 is 22.1 Å². The zero-order valence-corrected chi connectivity index (χ0v) is 66.5. The standard InChI is InChI=1S/C28H17N3O2.2C27H18N4O.C21H14N4O/c1-16-29-27(19-10-6-14-23-25(19)17-8-2-4-12-21(17)32-23)31-28(30-16)20-11-7-15-24-26(20)18-9-3-5-13-22(18)33-24;1-17-29-26(19-13-11-18(12-14-19)20-6-5-15-28-16-20)31-27(30-17)23-9-4-8-22-21-7-2-3-10-24(21)32-25(22)23;1-17-29-26(19-10-8-18(9-11-19)21-5-4-14-28-16-21)31-27(30-17)20-12-13-23-22-6-2-3-7-24(22)32-25(23)15-20;1-13-23-20(14-6-5-11-22-12-14)25-21(24-13)16-8-4-10-18-19(16)15-7-2-3-9-17(15)26-18/h2-15H,1H3;2*2-16H,1H3;2-12H,1H3. The first-order valence-electron chi connectivity index (χ1n) is 39.9. The molecule has 0 radical (unpaired) electrons. The molecule has 24 aromatic rings. The maximum Gasteiger partial charge on any atom is 0.167 e. The van der Waals surface area contributed by atoms with E-state index in [4.69, 9.17) is 52.0 Å². The van der Waals surface area contributed by atoms with Crippen LogP contribution in [0.1, 0.15) is 23.3 Å². The average Bonchev–Trinajstić information content (AvgIpc) is 1.56. The number of hydrogen-bond donors (Lipinski definition) is 0. The van der Waals surface area contributed by atoms with Gasteiger partial charge in [0.2, 0.25) is 0 Å². The molecule has 20 heteroatoms. The van der Waals surface area contributed by atoms with Gasteiger partial charge >= 0.3 is 0 Å². The molecule has 20 nitrogen and oxygen atoms in total. The summed E-state index contributed by atoms with van der Waals surface area (Å²) in [6.45, 7) is 7.55. The highest BCUT2D eigenvalue weighted by Crippen LogP contribution is 2.42. The van der Waals surface area contributed by atoms with Crippen LogP contribution in [0, 0.1) is 27.7 Å². The van der Waals surface area contributed by atoms with Crippen LogP contribution in [0.5, 0.6) is 0 Å². The smallest absolute Gasteiger partial charge is 0.167 e. The van der Waals surface area contributed by atoms with Crippen LogP contribution in [0.2, 0.25) is 0 Å². The van der Waals surface area contributed by atoms with E-state index < -0.39 is 0 Å². The highest BCUT2D eigenvalue weighted by molar-refractivity contribution is 6.15. The predicted octanol–water partition coefficient (Wildman–Crippen LogP) is 25.1. The maximum atomic E-state index is 6.18. The lowest BCUT2D eigenvalue weighted by Gasteiger charge is -2.08. The Morgan fingerprint density at radius 3 is 0.894 bits per heavy atom. The molecule has 12 heterocycles. The van der Waals surface area contributed by atoms with Crippen LogP contribution < -0.4 is 0 Å². The minimum absolute atomic E-state index is 0.605. The van der Waals surface area contributed by atoms with Gasteiger partial charge in [-0.3, -0.25) is 15.0 Å². The van der Waals surface area contributed by atoms with Crippen molar-refractivity contribution in [1.82, 2.24) is 74.8 Å². The highest BCUT2D eigenvalue weighted by Gasteiger charge is 2.23. The zero-order valence-electron chi connectivity index (χ0n) is 66.5. The molecule has 0 N–H and O–H groups in total. The predicted molar refractivity (Wildman–Crippen MR) is 482 cm³/mol. The fraction of sp³-hybridized carbons (Fsp3) is 0.0388. The van der Waals surface area contributed by atoms with Crippen molar-refractivity contribution in [1.29, 1.82) is 0 Å². The van der Waals surface area contributed by atoms with Gasteiger partial charge in [0.1, 0.15) is 79.1 Å². The van der Waals surface area contributed by atoms with E-state index >= 15 is 0 Å². The van der Waals surface area contributed by atoms with Crippen molar-refractivity contribution in [2.75, 3.05) is 0 Å². The van der Waals surface area contributed by atoms with E-state index in [1.165, 1.54) is 0 Å². The third-order valence-electron chi connectivity index (χ3n) is 21.4. The number of furan rings is 5. The third-order valence-corrected chi connectivity index (χ3v) is 21.4. The Balaban J connectivity index is 0.000000101. The van der Waals surface area contributed by atoms with Gasteiger partial charge in [-0.25, -0.2) is 59.8 Å². The van der Waals surface area contributed by atoms with E-state index in [9.17, 15) is 0 Å². The Kier molecular flexibility index (Phi) is 18.9. The zero-order chi connectivity index (χ0) is 82.4. The van der Waals surface area contributed by atoms with Gasteiger partial charge < -0.3 is 22.1 Å². The first-order chi connectivity index (χ1) is 60.6. The van der Waals surface area contributed by atoms with Crippen LogP contribution in [0.25, 0.3) is 223 Å². The molecular formula is C103H67N15O5. The number of fused-ring (bicyclic) bond motifs is 15. The van der Waals surface area contributed by atoms with Crippen molar-refractivity contribution in [3.8, 4) is 113 Å². The van der Waals surface area contributed by atoms with E-state index in [2.05, 4.69) is 112 Å². The molecule has 0 unspecified atom stereocenters. The van der Waals surface area contributed by atoms with Crippen LogP contribution in [0.15, 0.2) is 357 Å². The molecule has 0 spiro atoms. The molecule has 12 aromatic carbocycles. The molecule has 0 fully saturated rings. The molecule has 0 aliphatic carbocycles. The van der Waals surface area contributed by atoms with Gasteiger partial charge in [-0.15, -0.1) is 0 Å². The Morgan fingerprint density at radius 1 is 0.179 bits per heavy atom. The fourth-order valence-corrected chi connectivity index (χ4v) is 15.8. The summed E-state index contributed by atoms with van der Waals surface area (Å²) in [4.78, 5) is 68.6. The van der Waals surface area contributed by atoms with Crippen molar-refractivity contribution in [3.05, 3.63) is 358 Å². The summed E-state index contributed by atoms with van der Waals surface area (Å²) in [5.41, 5.74) is 20.0. The lowest BCUT2D eigenvalue weighted by Crippen LogP contribution is -2.00. The molecule has 0 amide bonds. The number of aromatic nitrogens is 15. The van der Waals surface area contributed by atoms with Gasteiger partial charge in [0, 0.05) is 130 Å². The minimum atomic E-state index is 0.605. The highest BCUT2D eigenvalue weighted by atomic mass is 16.3. The molecule has 24 rings (SSSR count). The number of para-hydroxylation sites is 6. The number of nitrogens with zero attached hydrogens (tertiary/aromatic N) is 15. The third kappa shape index (κ3) is 14.4. The van der Waals surface area contributed by atoms with Crippen molar-refractivity contribution in [2.45, 2.75) is 27.7 Å². The number of rotatable bonds is 10. The molecule has 0 saturated heterocycles. The van der Waals surface area contributed by atoms with E-state index in [0.717, 1.165) is 176 Å². The quantitative estimate of drug-likeness (QED) is 0.123. The van der Waals surface area contributed by atoms with Gasteiger partial charge in [-0.05, 0) is 141 Å². The van der Waals surface area contributed by atoms with Crippen LogP contribution in [0.3, 0.4) is 0 Å². The topological polar surface area (TPSA) is 259 Å². The molecule has 0 saturated carbocycles. The first kappa shape index (κ1) is 73.7. The molecule has 0 aliphatic heterocycles. The summed E-state index contributed by atoms with van der Waals surface area (Å²) in [5.74, 6) is 7.68. The van der Waals surface area contributed by atoms with Gasteiger partial charge in [0.15, 0.2) is 46.6 Å². The minimum Gasteiger partial charge on any atom is -0.456 e. The summed E-state index contributed by atoms with van der Waals surface area (Å²) in [6.07, 6.45) is 10.7. The second kappa shape index (κ2) is 31.5. The Hall–Kier alpha value is -16.9. The van der Waals surface area contributed by atoms with Gasteiger partial charge in [-0.2, -0.15) is 0 Å². The Bertz CT molecular complexity index is 8010. The lowest BCUT2D eigenvalue weighted by molar-refractivity contribution is 0.668. The largest absolute Gasteiger partial charge is 0.456 e. The van der Waals surface area contributed by atoms with Gasteiger partial charge in [-0.1, -0.05) is 206 Å².